The lowest BCUT2D eigenvalue weighted by Gasteiger charge is -2.36. The summed E-state index contributed by atoms with van der Waals surface area (Å²) >= 11 is 6.36. The number of esters is 1. The first-order chi connectivity index (χ1) is 13.8. The highest BCUT2D eigenvalue weighted by Crippen LogP contribution is 2.43. The van der Waals surface area contributed by atoms with Gasteiger partial charge in [-0.1, -0.05) is 29.8 Å². The van der Waals surface area contributed by atoms with Crippen LogP contribution in [0.5, 0.6) is 0 Å². The number of amides is 3. The smallest absolute Gasteiger partial charge is 0.328 e. The summed E-state index contributed by atoms with van der Waals surface area (Å²) in [5.74, 6) is -1.59. The van der Waals surface area contributed by atoms with Gasteiger partial charge in [0.05, 0.1) is 12.0 Å². The molecule has 0 aliphatic carbocycles. The highest BCUT2D eigenvalue weighted by atomic mass is 35.5. The van der Waals surface area contributed by atoms with Gasteiger partial charge in [0.2, 0.25) is 17.7 Å². The third-order valence-corrected chi connectivity index (χ3v) is 6.09. The average molecular weight is 421 g/mol. The van der Waals surface area contributed by atoms with E-state index >= 15 is 0 Å². The van der Waals surface area contributed by atoms with Crippen LogP contribution in [-0.2, 0) is 29.3 Å². The zero-order valence-corrected chi connectivity index (χ0v) is 17.4. The van der Waals surface area contributed by atoms with Crippen molar-refractivity contribution in [1.29, 1.82) is 0 Å². The van der Waals surface area contributed by atoms with Gasteiger partial charge in [-0.2, -0.15) is 0 Å². The van der Waals surface area contributed by atoms with Crippen molar-refractivity contribution < 1.29 is 23.9 Å². The minimum absolute atomic E-state index is 0.129. The highest BCUT2D eigenvalue weighted by Gasteiger charge is 2.54. The second-order valence-electron chi connectivity index (χ2n) is 7.52. The number of hydrogen-bond acceptors (Lipinski definition) is 5. The topological polar surface area (TPSA) is 84.0 Å². The molecule has 0 radical (unpaired) electrons. The van der Waals surface area contributed by atoms with E-state index in [2.05, 4.69) is 0 Å². The van der Waals surface area contributed by atoms with E-state index in [0.717, 1.165) is 17.7 Å². The summed E-state index contributed by atoms with van der Waals surface area (Å²) in [7, 11) is 1.41. The summed E-state index contributed by atoms with van der Waals surface area (Å²) in [6, 6.07) is 6.12. The molecular weight excluding hydrogens is 396 g/mol. The number of rotatable bonds is 5. The van der Waals surface area contributed by atoms with Crippen molar-refractivity contribution in [1.82, 2.24) is 9.80 Å². The molecule has 1 aromatic carbocycles. The van der Waals surface area contributed by atoms with Crippen LogP contribution in [0.1, 0.15) is 44.6 Å². The molecule has 156 valence electrons. The van der Waals surface area contributed by atoms with Crippen LogP contribution in [0.3, 0.4) is 0 Å². The molecule has 8 heteroatoms. The summed E-state index contributed by atoms with van der Waals surface area (Å²) in [5, 5.41) is 0.331. The molecule has 3 amide bonds. The molecule has 0 saturated carbocycles. The third kappa shape index (κ3) is 3.88. The van der Waals surface area contributed by atoms with Crippen LogP contribution in [0.25, 0.3) is 0 Å². The molecule has 2 fully saturated rings. The van der Waals surface area contributed by atoms with E-state index < -0.39 is 23.3 Å². The maximum atomic E-state index is 13.3. The maximum Gasteiger partial charge on any atom is 0.328 e. The van der Waals surface area contributed by atoms with Crippen molar-refractivity contribution in [2.24, 2.45) is 0 Å². The minimum Gasteiger partial charge on any atom is -0.464 e. The van der Waals surface area contributed by atoms with Gasteiger partial charge in [-0.05, 0) is 37.8 Å². The van der Waals surface area contributed by atoms with Gasteiger partial charge in [-0.15, -0.1) is 0 Å². The summed E-state index contributed by atoms with van der Waals surface area (Å²) in [4.78, 5) is 53.7. The molecule has 2 atom stereocenters. The molecule has 0 spiro atoms. The van der Waals surface area contributed by atoms with Crippen molar-refractivity contribution in [3.05, 3.63) is 34.9 Å². The van der Waals surface area contributed by atoms with Crippen LogP contribution in [-0.4, -0.2) is 59.7 Å². The molecule has 0 unspecified atom stereocenters. The maximum absolute atomic E-state index is 13.3. The molecule has 1 aromatic rings. The first kappa shape index (κ1) is 21.3. The molecule has 0 aromatic heterocycles. The standard InChI is InChI=1S/C21H25ClN2O5/c1-3-29-19(27)16-10-6-7-11-24(16)18(26)13-21(12-17(25)23(2)20(21)28)14-8-4-5-9-15(14)22/h4-5,8-9,16H,3,6-7,10-13H2,1-2H3/t16-,21+/m1/s1. The molecule has 2 aliphatic heterocycles. The number of piperidine rings is 1. The number of nitrogens with zero attached hydrogens (tertiary/aromatic N) is 2. The van der Waals surface area contributed by atoms with Gasteiger partial charge < -0.3 is 9.64 Å². The number of likely N-dealkylation sites (N-methyl/N-ethyl adjacent to an activating group) is 1. The van der Waals surface area contributed by atoms with E-state index in [1.165, 1.54) is 11.9 Å². The van der Waals surface area contributed by atoms with E-state index in [1.807, 2.05) is 0 Å². The van der Waals surface area contributed by atoms with Gasteiger partial charge in [0.15, 0.2) is 0 Å². The number of hydrogen-bond donors (Lipinski definition) is 0. The predicted molar refractivity (Wildman–Crippen MR) is 106 cm³/mol. The number of likely N-dealkylation sites (tertiary alicyclic amines) is 2. The van der Waals surface area contributed by atoms with Gasteiger partial charge in [0, 0.05) is 31.5 Å². The number of imide groups is 1. The van der Waals surface area contributed by atoms with Gasteiger partial charge in [0.25, 0.3) is 0 Å². The Labute approximate surface area is 174 Å². The fraction of sp³-hybridized carbons (Fsp3) is 0.524. The lowest BCUT2D eigenvalue weighted by Crippen LogP contribution is -2.51. The van der Waals surface area contributed by atoms with Gasteiger partial charge >= 0.3 is 5.97 Å². The van der Waals surface area contributed by atoms with Crippen LogP contribution in [0, 0.1) is 0 Å². The fourth-order valence-electron chi connectivity index (χ4n) is 4.25. The Kier molecular flexibility index (Phi) is 6.27. The van der Waals surface area contributed by atoms with E-state index in [4.69, 9.17) is 16.3 Å². The highest BCUT2D eigenvalue weighted by molar-refractivity contribution is 6.32. The van der Waals surface area contributed by atoms with Crippen molar-refractivity contribution >= 4 is 35.3 Å². The lowest BCUT2D eigenvalue weighted by molar-refractivity contribution is -0.157. The SMILES string of the molecule is CCOC(=O)[C@H]1CCCCN1C(=O)C[C@]1(c2ccccc2Cl)CC(=O)N(C)C1=O. The van der Waals surface area contributed by atoms with Crippen molar-refractivity contribution in [3.8, 4) is 0 Å². The van der Waals surface area contributed by atoms with Crippen molar-refractivity contribution in [2.75, 3.05) is 20.2 Å². The monoisotopic (exact) mass is 420 g/mol. The molecular formula is C21H25ClN2O5. The summed E-state index contributed by atoms with van der Waals surface area (Å²) in [6.07, 6.45) is 1.77. The second kappa shape index (κ2) is 8.53. The van der Waals surface area contributed by atoms with E-state index in [0.29, 0.717) is 23.6 Å². The van der Waals surface area contributed by atoms with Gasteiger partial charge in [-0.3, -0.25) is 19.3 Å². The van der Waals surface area contributed by atoms with Crippen LogP contribution >= 0.6 is 11.6 Å². The molecule has 2 saturated heterocycles. The fourth-order valence-corrected chi connectivity index (χ4v) is 4.57. The van der Waals surface area contributed by atoms with E-state index in [9.17, 15) is 19.2 Å². The normalized spacial score (nSPS) is 24.7. The first-order valence-corrected chi connectivity index (χ1v) is 10.2. The van der Waals surface area contributed by atoms with Crippen LogP contribution < -0.4 is 0 Å². The molecule has 29 heavy (non-hydrogen) atoms. The largest absolute Gasteiger partial charge is 0.464 e. The number of carbonyl (C=O) groups is 4. The van der Waals surface area contributed by atoms with Crippen LogP contribution in [0.15, 0.2) is 24.3 Å². The second-order valence-corrected chi connectivity index (χ2v) is 7.93. The quantitative estimate of drug-likeness (QED) is 0.539. The lowest BCUT2D eigenvalue weighted by atomic mass is 9.75. The summed E-state index contributed by atoms with van der Waals surface area (Å²) < 4.78 is 5.13. The Hall–Kier alpha value is -2.41. The number of halogens is 1. The Morgan fingerprint density at radius 3 is 2.59 bits per heavy atom. The minimum atomic E-state index is -1.36. The Bertz CT molecular complexity index is 842. The van der Waals surface area contributed by atoms with E-state index in [-0.39, 0.29) is 31.3 Å². The number of benzene rings is 1. The van der Waals surface area contributed by atoms with Crippen LogP contribution in [0.4, 0.5) is 0 Å². The Morgan fingerprint density at radius 1 is 1.24 bits per heavy atom. The zero-order valence-electron chi connectivity index (χ0n) is 16.7. The third-order valence-electron chi connectivity index (χ3n) is 5.77. The summed E-state index contributed by atoms with van der Waals surface area (Å²) in [5.41, 5.74) is -0.903. The average Bonchev–Trinajstić information content (AvgIpc) is 2.92. The van der Waals surface area contributed by atoms with Crippen molar-refractivity contribution in [3.63, 3.8) is 0 Å². The Balaban J connectivity index is 1.95. The van der Waals surface area contributed by atoms with Crippen molar-refractivity contribution in [2.45, 2.75) is 50.5 Å². The number of carbonyl (C=O) groups excluding carboxylic acids is 4. The molecule has 7 nitrogen and oxygen atoms in total. The molecule has 0 bridgehead atoms. The molecule has 2 heterocycles. The Morgan fingerprint density at radius 2 is 1.97 bits per heavy atom. The predicted octanol–water partition coefficient (Wildman–Crippen LogP) is 2.30. The zero-order chi connectivity index (χ0) is 21.2. The molecule has 0 N–H and O–H groups in total. The number of ether oxygens (including phenoxy) is 1. The molecule has 2 aliphatic rings. The van der Waals surface area contributed by atoms with E-state index in [1.54, 1.807) is 31.2 Å². The summed E-state index contributed by atoms with van der Waals surface area (Å²) in [6.45, 7) is 2.37. The molecule has 3 rings (SSSR count). The van der Waals surface area contributed by atoms with Crippen LogP contribution in [0.2, 0.25) is 5.02 Å². The van der Waals surface area contributed by atoms with Gasteiger partial charge in [-0.25, -0.2) is 4.79 Å². The first-order valence-electron chi connectivity index (χ1n) is 9.84. The van der Waals surface area contributed by atoms with Gasteiger partial charge in [0.1, 0.15) is 6.04 Å².